The van der Waals surface area contributed by atoms with Crippen LogP contribution in [-0.4, -0.2) is 25.7 Å². The number of alkyl halides is 2. The largest absolute Gasteiger partial charge is 0.493 e. The molecule has 1 fully saturated rings. The van der Waals surface area contributed by atoms with Crippen LogP contribution in [0, 0.1) is 0 Å². The summed E-state index contributed by atoms with van der Waals surface area (Å²) in [7, 11) is 1.38. The first kappa shape index (κ1) is 21.9. The third-order valence-electron chi connectivity index (χ3n) is 5.08. The van der Waals surface area contributed by atoms with E-state index in [2.05, 4.69) is 10.1 Å². The van der Waals surface area contributed by atoms with E-state index in [1.54, 1.807) is 12.1 Å². The summed E-state index contributed by atoms with van der Waals surface area (Å²) in [5.74, 6) is 0.922. The van der Waals surface area contributed by atoms with E-state index < -0.39 is 6.61 Å². The van der Waals surface area contributed by atoms with Gasteiger partial charge in [0.1, 0.15) is 5.75 Å². The van der Waals surface area contributed by atoms with Gasteiger partial charge in [0.05, 0.1) is 13.2 Å². The molecule has 3 rings (SSSR count). The van der Waals surface area contributed by atoms with Gasteiger partial charge in [-0.2, -0.15) is 8.78 Å². The predicted molar refractivity (Wildman–Crippen MR) is 109 cm³/mol. The normalized spacial score (nSPS) is 14.0. The van der Waals surface area contributed by atoms with Gasteiger partial charge < -0.3 is 19.5 Å². The Hall–Kier alpha value is -2.83. The topological polar surface area (TPSA) is 56.8 Å². The van der Waals surface area contributed by atoms with Gasteiger partial charge in [-0.25, -0.2) is 0 Å². The van der Waals surface area contributed by atoms with E-state index in [1.165, 1.54) is 26.0 Å². The zero-order valence-corrected chi connectivity index (χ0v) is 17.0. The molecule has 0 heterocycles. The van der Waals surface area contributed by atoms with Gasteiger partial charge in [0.15, 0.2) is 11.5 Å². The number of ether oxygens (including phenoxy) is 3. The van der Waals surface area contributed by atoms with E-state index in [-0.39, 0.29) is 24.0 Å². The van der Waals surface area contributed by atoms with Crippen LogP contribution >= 0.6 is 0 Å². The summed E-state index contributed by atoms with van der Waals surface area (Å²) < 4.78 is 40.3. The molecule has 0 radical (unpaired) electrons. The molecule has 0 saturated heterocycles. The van der Waals surface area contributed by atoms with Crippen LogP contribution in [0.4, 0.5) is 8.78 Å². The lowest BCUT2D eigenvalue weighted by molar-refractivity contribution is -0.121. The lowest BCUT2D eigenvalue weighted by Gasteiger charge is -2.14. The molecule has 2 aromatic rings. The quantitative estimate of drug-likeness (QED) is 0.597. The molecule has 5 nitrogen and oxygen atoms in total. The van der Waals surface area contributed by atoms with Crippen molar-refractivity contribution in [1.82, 2.24) is 5.32 Å². The number of halogens is 2. The first-order valence-corrected chi connectivity index (χ1v) is 10.2. The third kappa shape index (κ3) is 6.61. The van der Waals surface area contributed by atoms with Crippen molar-refractivity contribution in [2.75, 3.05) is 7.11 Å². The summed E-state index contributed by atoms with van der Waals surface area (Å²) in [6.45, 7) is -2.65. The van der Waals surface area contributed by atoms with Crippen LogP contribution in [0.2, 0.25) is 0 Å². The van der Waals surface area contributed by atoms with Gasteiger partial charge in [-0.05, 0) is 67.5 Å². The monoisotopic (exact) mass is 419 g/mol. The van der Waals surface area contributed by atoms with Crippen molar-refractivity contribution in [3.05, 3.63) is 53.6 Å². The van der Waals surface area contributed by atoms with E-state index in [4.69, 9.17) is 9.47 Å². The Kier molecular flexibility index (Phi) is 7.88. The standard InChI is InChI=1S/C23H27F2NO4/c1-28-21-14-17(9-11-20(21)30-23(24)25)15-26-22(27)12-10-16-5-4-8-19(13-16)29-18-6-2-3-7-18/h4-5,8-9,11,13-14,18,23H,2-3,6-7,10,12,15H2,1H3,(H,26,27). The van der Waals surface area contributed by atoms with Crippen molar-refractivity contribution < 1.29 is 27.8 Å². The van der Waals surface area contributed by atoms with Crippen molar-refractivity contribution in [3.8, 4) is 17.2 Å². The first-order valence-electron chi connectivity index (χ1n) is 10.2. The molecule has 1 aliphatic rings. The number of aryl methyl sites for hydroxylation is 1. The number of nitrogens with one attached hydrogen (secondary N) is 1. The molecule has 1 aliphatic carbocycles. The van der Waals surface area contributed by atoms with Gasteiger partial charge in [0.25, 0.3) is 0 Å². The van der Waals surface area contributed by atoms with Crippen LogP contribution in [0.1, 0.15) is 43.2 Å². The maximum absolute atomic E-state index is 12.4. The van der Waals surface area contributed by atoms with Gasteiger partial charge in [-0.3, -0.25) is 4.79 Å². The summed E-state index contributed by atoms with van der Waals surface area (Å²) in [6.07, 6.45) is 5.91. The smallest absolute Gasteiger partial charge is 0.387 e. The molecular weight excluding hydrogens is 392 g/mol. The van der Waals surface area contributed by atoms with E-state index in [1.807, 2.05) is 24.3 Å². The fourth-order valence-corrected chi connectivity index (χ4v) is 3.54. The zero-order chi connectivity index (χ0) is 21.3. The fraction of sp³-hybridized carbons (Fsp3) is 0.435. The lowest BCUT2D eigenvalue weighted by atomic mass is 10.1. The minimum Gasteiger partial charge on any atom is -0.493 e. The number of rotatable bonds is 10. The molecule has 0 aromatic heterocycles. The Morgan fingerprint density at radius 2 is 1.90 bits per heavy atom. The summed E-state index contributed by atoms with van der Waals surface area (Å²) in [5.41, 5.74) is 1.78. The number of hydrogen-bond donors (Lipinski definition) is 1. The van der Waals surface area contributed by atoms with Gasteiger partial charge in [0.2, 0.25) is 5.91 Å². The highest BCUT2D eigenvalue weighted by Crippen LogP contribution is 2.29. The van der Waals surface area contributed by atoms with Crippen LogP contribution in [-0.2, 0) is 17.8 Å². The molecule has 2 aromatic carbocycles. The average molecular weight is 419 g/mol. The van der Waals surface area contributed by atoms with Crippen LogP contribution in [0.25, 0.3) is 0 Å². The Balaban J connectivity index is 1.47. The SMILES string of the molecule is COc1cc(CNC(=O)CCc2cccc(OC3CCCC3)c2)ccc1OC(F)F. The van der Waals surface area contributed by atoms with Crippen LogP contribution < -0.4 is 19.5 Å². The summed E-state index contributed by atoms with van der Waals surface area (Å²) >= 11 is 0. The maximum Gasteiger partial charge on any atom is 0.387 e. The number of benzene rings is 2. The van der Waals surface area contributed by atoms with E-state index in [9.17, 15) is 13.6 Å². The second-order valence-corrected chi connectivity index (χ2v) is 7.31. The second-order valence-electron chi connectivity index (χ2n) is 7.31. The molecule has 1 amide bonds. The Labute approximate surface area is 175 Å². The summed E-state index contributed by atoms with van der Waals surface area (Å²) in [6, 6.07) is 12.5. The van der Waals surface area contributed by atoms with E-state index in [0.717, 1.165) is 29.7 Å². The van der Waals surface area contributed by atoms with Crippen LogP contribution in [0.15, 0.2) is 42.5 Å². The molecule has 0 spiro atoms. The number of amides is 1. The number of methoxy groups -OCH3 is 1. The second kappa shape index (κ2) is 10.8. The van der Waals surface area contributed by atoms with E-state index >= 15 is 0 Å². The summed E-state index contributed by atoms with van der Waals surface area (Å²) in [5, 5.41) is 2.84. The predicted octanol–water partition coefficient (Wildman–Crippen LogP) is 4.87. The first-order chi connectivity index (χ1) is 14.5. The molecule has 1 N–H and O–H groups in total. The van der Waals surface area contributed by atoms with Crippen LogP contribution in [0.5, 0.6) is 17.2 Å². The molecule has 7 heteroatoms. The third-order valence-corrected chi connectivity index (χ3v) is 5.08. The van der Waals surface area contributed by atoms with Gasteiger partial charge >= 0.3 is 6.61 Å². The Morgan fingerprint density at radius 1 is 1.10 bits per heavy atom. The summed E-state index contributed by atoms with van der Waals surface area (Å²) in [4.78, 5) is 12.2. The van der Waals surface area contributed by atoms with E-state index in [0.29, 0.717) is 18.9 Å². The number of hydrogen-bond acceptors (Lipinski definition) is 4. The Morgan fingerprint density at radius 3 is 2.63 bits per heavy atom. The lowest BCUT2D eigenvalue weighted by Crippen LogP contribution is -2.23. The maximum atomic E-state index is 12.4. The highest BCUT2D eigenvalue weighted by molar-refractivity contribution is 5.76. The minimum atomic E-state index is -2.92. The Bertz CT molecular complexity index is 838. The number of carbonyl (C=O) groups is 1. The highest BCUT2D eigenvalue weighted by atomic mass is 19.3. The molecule has 0 aliphatic heterocycles. The van der Waals surface area contributed by atoms with Crippen molar-refractivity contribution in [1.29, 1.82) is 0 Å². The molecular formula is C23H27F2NO4. The fourth-order valence-electron chi connectivity index (χ4n) is 3.54. The van der Waals surface area contributed by atoms with Crippen LogP contribution in [0.3, 0.4) is 0 Å². The van der Waals surface area contributed by atoms with Crippen molar-refractivity contribution in [2.24, 2.45) is 0 Å². The zero-order valence-electron chi connectivity index (χ0n) is 17.0. The average Bonchev–Trinajstić information content (AvgIpc) is 3.24. The molecule has 0 atom stereocenters. The highest BCUT2D eigenvalue weighted by Gasteiger charge is 2.16. The molecule has 162 valence electrons. The number of carbonyl (C=O) groups excluding carboxylic acids is 1. The van der Waals surface area contributed by atoms with Crippen molar-refractivity contribution in [2.45, 2.75) is 57.8 Å². The minimum absolute atomic E-state index is 0.0396. The van der Waals surface area contributed by atoms with Crippen molar-refractivity contribution in [3.63, 3.8) is 0 Å². The van der Waals surface area contributed by atoms with Gasteiger partial charge in [-0.15, -0.1) is 0 Å². The van der Waals surface area contributed by atoms with Crippen molar-refractivity contribution >= 4 is 5.91 Å². The molecule has 0 unspecified atom stereocenters. The van der Waals surface area contributed by atoms with Gasteiger partial charge in [-0.1, -0.05) is 18.2 Å². The molecule has 0 bridgehead atoms. The molecule has 30 heavy (non-hydrogen) atoms. The molecule has 1 saturated carbocycles. The van der Waals surface area contributed by atoms with Gasteiger partial charge in [0, 0.05) is 13.0 Å².